The first kappa shape index (κ1) is 16.6. The summed E-state index contributed by atoms with van der Waals surface area (Å²) in [7, 11) is 1.41. The molecule has 0 spiro atoms. The highest BCUT2D eigenvalue weighted by Gasteiger charge is 2.21. The van der Waals surface area contributed by atoms with E-state index in [0.29, 0.717) is 5.92 Å². The molecule has 0 unspecified atom stereocenters. The number of esters is 1. The van der Waals surface area contributed by atoms with Crippen LogP contribution in [-0.2, 0) is 22.5 Å². The lowest BCUT2D eigenvalue weighted by Gasteiger charge is -2.12. The largest absolute Gasteiger partial charge is 0.469 e. The van der Waals surface area contributed by atoms with Crippen LogP contribution in [0.2, 0.25) is 0 Å². The monoisotopic (exact) mass is 318 g/mol. The topological polar surface area (TPSA) is 44.1 Å². The van der Waals surface area contributed by atoms with E-state index in [1.165, 1.54) is 12.8 Å². The Hall–Kier alpha value is -1.75. The number of carbonyl (C=O) groups is 1. The second-order valence-corrected chi connectivity index (χ2v) is 6.35. The van der Waals surface area contributed by atoms with Crippen LogP contribution in [-0.4, -0.2) is 22.6 Å². The molecule has 0 saturated heterocycles. The van der Waals surface area contributed by atoms with Crippen molar-refractivity contribution in [2.75, 3.05) is 7.11 Å². The quantitative estimate of drug-likeness (QED) is 0.758. The molecule has 5 heteroatoms. The summed E-state index contributed by atoms with van der Waals surface area (Å²) >= 11 is 1.64. The minimum absolute atomic E-state index is 0.208. The third-order valence-corrected chi connectivity index (χ3v) is 4.40. The third-order valence-electron chi connectivity index (χ3n) is 3.40. The number of nitrogens with zero attached hydrogens (tertiary/aromatic N) is 2. The fourth-order valence-corrected chi connectivity index (χ4v) is 3.53. The Kier molecular flexibility index (Phi) is 5.66. The van der Waals surface area contributed by atoms with E-state index in [-0.39, 0.29) is 12.4 Å². The van der Waals surface area contributed by atoms with Gasteiger partial charge in [0.05, 0.1) is 12.8 Å². The van der Waals surface area contributed by atoms with E-state index in [4.69, 9.17) is 9.72 Å². The maximum atomic E-state index is 11.6. The Balaban J connectivity index is 2.41. The van der Waals surface area contributed by atoms with Crippen LogP contribution < -0.4 is 0 Å². The predicted octanol–water partition coefficient (Wildman–Crippen LogP) is 3.89. The summed E-state index contributed by atoms with van der Waals surface area (Å²) in [5, 5.41) is 0.974. The van der Waals surface area contributed by atoms with Crippen molar-refractivity contribution >= 4 is 17.7 Å². The highest BCUT2D eigenvalue weighted by molar-refractivity contribution is 7.99. The molecule has 0 N–H and O–H groups in total. The molecule has 0 atom stereocenters. The van der Waals surface area contributed by atoms with E-state index in [0.717, 1.165) is 22.3 Å². The van der Waals surface area contributed by atoms with Crippen LogP contribution in [0.1, 0.15) is 38.2 Å². The van der Waals surface area contributed by atoms with Gasteiger partial charge in [0.25, 0.3) is 0 Å². The zero-order valence-electron chi connectivity index (χ0n) is 13.5. The van der Waals surface area contributed by atoms with Gasteiger partial charge in [-0.15, -0.1) is 0 Å². The number of ether oxygens (including phenoxy) is 1. The fraction of sp³-hybridized carbons (Fsp3) is 0.412. The molecule has 0 bridgehead atoms. The summed E-state index contributed by atoms with van der Waals surface area (Å²) < 4.78 is 6.91. The highest BCUT2D eigenvalue weighted by atomic mass is 32.2. The smallest absolute Gasteiger partial charge is 0.313 e. The molecule has 0 aliphatic heterocycles. The third kappa shape index (κ3) is 3.71. The normalized spacial score (nSPS) is 11.0. The molecule has 0 fully saturated rings. The Labute approximate surface area is 135 Å². The molecule has 1 heterocycles. The van der Waals surface area contributed by atoms with Gasteiger partial charge in [-0.1, -0.05) is 43.8 Å². The van der Waals surface area contributed by atoms with Gasteiger partial charge in [-0.3, -0.25) is 4.79 Å². The van der Waals surface area contributed by atoms with Crippen LogP contribution in [0.3, 0.4) is 0 Å². The molecular weight excluding hydrogens is 296 g/mol. The Morgan fingerprint density at radius 1 is 1.32 bits per heavy atom. The molecule has 0 radical (unpaired) electrons. The molecule has 0 aliphatic rings. The lowest BCUT2D eigenvalue weighted by molar-refractivity contribution is -0.139. The standard InChI is InChI=1S/C17H22N2O2S/c1-5-19-14(11-15(20)21-4)18-17(16(19)12(2)3)22-13-9-7-6-8-10-13/h6-10,12H,5,11H2,1-4H3. The van der Waals surface area contributed by atoms with Crippen molar-refractivity contribution in [2.45, 2.75) is 49.6 Å². The summed E-state index contributed by atoms with van der Waals surface area (Å²) in [6.45, 7) is 7.17. The van der Waals surface area contributed by atoms with E-state index in [9.17, 15) is 4.79 Å². The second kappa shape index (κ2) is 7.49. The van der Waals surface area contributed by atoms with Gasteiger partial charge in [0.2, 0.25) is 0 Å². The van der Waals surface area contributed by atoms with E-state index < -0.39 is 0 Å². The van der Waals surface area contributed by atoms with Crippen molar-refractivity contribution in [2.24, 2.45) is 0 Å². The second-order valence-electron chi connectivity index (χ2n) is 5.29. The summed E-state index contributed by atoms with van der Waals surface area (Å²) in [6.07, 6.45) is 0.208. The Morgan fingerprint density at radius 3 is 2.55 bits per heavy atom. The van der Waals surface area contributed by atoms with Crippen LogP contribution in [0, 0.1) is 0 Å². The van der Waals surface area contributed by atoms with Crippen LogP contribution in [0.5, 0.6) is 0 Å². The number of hydrogen-bond acceptors (Lipinski definition) is 4. The average molecular weight is 318 g/mol. The zero-order valence-corrected chi connectivity index (χ0v) is 14.3. The van der Waals surface area contributed by atoms with Gasteiger partial charge in [0.15, 0.2) is 0 Å². The van der Waals surface area contributed by atoms with Crippen molar-refractivity contribution in [3.63, 3.8) is 0 Å². The fourth-order valence-electron chi connectivity index (χ4n) is 2.41. The van der Waals surface area contributed by atoms with Gasteiger partial charge >= 0.3 is 5.97 Å². The van der Waals surface area contributed by atoms with E-state index in [2.05, 4.69) is 37.5 Å². The number of rotatable bonds is 6. The number of imidazole rings is 1. The zero-order chi connectivity index (χ0) is 16.1. The van der Waals surface area contributed by atoms with Gasteiger partial charge in [-0.25, -0.2) is 4.98 Å². The van der Waals surface area contributed by atoms with Crippen molar-refractivity contribution in [1.29, 1.82) is 0 Å². The molecule has 1 aromatic heterocycles. The molecular formula is C17H22N2O2S. The van der Waals surface area contributed by atoms with Gasteiger partial charge < -0.3 is 9.30 Å². The summed E-state index contributed by atoms with van der Waals surface area (Å²) in [5.41, 5.74) is 1.18. The van der Waals surface area contributed by atoms with Crippen molar-refractivity contribution in [3.05, 3.63) is 41.9 Å². The van der Waals surface area contributed by atoms with Crippen LogP contribution >= 0.6 is 11.8 Å². The van der Waals surface area contributed by atoms with E-state index >= 15 is 0 Å². The van der Waals surface area contributed by atoms with Crippen molar-refractivity contribution in [1.82, 2.24) is 9.55 Å². The SMILES string of the molecule is CCn1c(CC(=O)OC)nc(Sc2ccccc2)c1C(C)C. The number of hydrogen-bond donors (Lipinski definition) is 0. The van der Waals surface area contributed by atoms with Gasteiger partial charge in [-0.05, 0) is 25.0 Å². The maximum Gasteiger partial charge on any atom is 0.313 e. The molecule has 2 rings (SSSR count). The van der Waals surface area contributed by atoms with Crippen molar-refractivity contribution < 1.29 is 9.53 Å². The molecule has 22 heavy (non-hydrogen) atoms. The molecule has 0 aliphatic carbocycles. The lowest BCUT2D eigenvalue weighted by Crippen LogP contribution is -2.12. The maximum absolute atomic E-state index is 11.6. The molecule has 0 amide bonds. The molecule has 4 nitrogen and oxygen atoms in total. The Morgan fingerprint density at radius 2 is 2.00 bits per heavy atom. The van der Waals surface area contributed by atoms with E-state index in [1.54, 1.807) is 11.8 Å². The van der Waals surface area contributed by atoms with Crippen LogP contribution in [0.25, 0.3) is 0 Å². The first-order valence-electron chi connectivity index (χ1n) is 7.45. The lowest BCUT2D eigenvalue weighted by atomic mass is 10.1. The first-order valence-corrected chi connectivity index (χ1v) is 8.27. The van der Waals surface area contributed by atoms with E-state index in [1.807, 2.05) is 18.2 Å². The molecule has 1 aromatic carbocycles. The number of benzene rings is 1. The molecule has 118 valence electrons. The van der Waals surface area contributed by atoms with Crippen molar-refractivity contribution in [3.8, 4) is 0 Å². The number of aromatic nitrogens is 2. The highest BCUT2D eigenvalue weighted by Crippen LogP contribution is 2.34. The van der Waals surface area contributed by atoms with Gasteiger partial charge in [-0.2, -0.15) is 0 Å². The summed E-state index contributed by atoms with van der Waals surface area (Å²) in [4.78, 5) is 17.5. The number of carbonyl (C=O) groups excluding carboxylic acids is 1. The van der Waals surface area contributed by atoms with Gasteiger partial charge in [0, 0.05) is 11.4 Å². The minimum atomic E-state index is -0.258. The minimum Gasteiger partial charge on any atom is -0.469 e. The van der Waals surface area contributed by atoms with Gasteiger partial charge in [0.1, 0.15) is 17.3 Å². The number of methoxy groups -OCH3 is 1. The predicted molar refractivity (Wildman–Crippen MR) is 88.3 cm³/mol. The molecule has 2 aromatic rings. The van der Waals surface area contributed by atoms with Crippen LogP contribution in [0.15, 0.2) is 40.3 Å². The first-order chi connectivity index (χ1) is 10.6. The summed E-state index contributed by atoms with van der Waals surface area (Å²) in [5.74, 6) is 0.854. The Bertz CT molecular complexity index is 636. The average Bonchev–Trinajstić information content (AvgIpc) is 2.85. The molecule has 0 saturated carbocycles. The van der Waals surface area contributed by atoms with Crippen LogP contribution in [0.4, 0.5) is 0 Å². The summed E-state index contributed by atoms with van der Waals surface area (Å²) in [6, 6.07) is 10.2.